The first kappa shape index (κ1) is 5.95. The first-order chi connectivity index (χ1) is 4.29. The molecule has 1 rings (SSSR count). The quantitative estimate of drug-likeness (QED) is 0.515. The molecule has 2 N–H and O–H groups in total. The smallest absolute Gasteiger partial charge is 0.0329 e. The van der Waals surface area contributed by atoms with Crippen LogP contribution in [0.2, 0.25) is 0 Å². The van der Waals surface area contributed by atoms with E-state index in [1.807, 2.05) is 42.6 Å². The van der Waals surface area contributed by atoms with Crippen LogP contribution in [0, 0.1) is 0 Å². The minimum absolute atomic E-state index is 0.788. The fourth-order valence-electron chi connectivity index (χ4n) is 0.599. The molecule has 0 unspecified atom stereocenters. The van der Waals surface area contributed by atoms with Crippen LogP contribution >= 0.6 is 0 Å². The molecule has 0 saturated heterocycles. The van der Waals surface area contributed by atoms with Gasteiger partial charge in [0.1, 0.15) is 0 Å². The van der Waals surface area contributed by atoms with Crippen LogP contribution in [-0.2, 0) is 0 Å². The van der Waals surface area contributed by atoms with E-state index in [9.17, 15) is 0 Å². The molecule has 0 amide bonds. The van der Waals surface area contributed by atoms with Gasteiger partial charge in [0.2, 0.25) is 0 Å². The molecule has 0 spiro atoms. The minimum atomic E-state index is 0.788. The van der Waals surface area contributed by atoms with Crippen molar-refractivity contribution in [2.75, 3.05) is 7.05 Å². The second kappa shape index (κ2) is 2.40. The van der Waals surface area contributed by atoms with Crippen LogP contribution in [0.5, 0.6) is 0 Å². The lowest BCUT2D eigenvalue weighted by Crippen LogP contribution is -1.98. The zero-order chi connectivity index (χ0) is 6.69. The Kier molecular flexibility index (Phi) is 1.58. The number of allylic oxidation sites excluding steroid dienone is 3. The summed E-state index contributed by atoms with van der Waals surface area (Å²) in [5.74, 6) is 0. The Bertz CT molecular complexity index is 177. The van der Waals surface area contributed by atoms with Crippen LogP contribution in [0.1, 0.15) is 0 Å². The Morgan fingerprint density at radius 1 is 1.44 bits per heavy atom. The molecular formula is C7H10N2. The molecule has 2 nitrogen and oxygen atoms in total. The molecule has 9 heavy (non-hydrogen) atoms. The summed E-state index contributed by atoms with van der Waals surface area (Å²) in [5.41, 5.74) is 6.28. The molecule has 1 heterocycles. The molecule has 0 aromatic heterocycles. The molecule has 0 atom stereocenters. The lowest BCUT2D eigenvalue weighted by Gasteiger charge is -2.02. The van der Waals surface area contributed by atoms with Gasteiger partial charge in [-0.3, -0.25) is 0 Å². The van der Waals surface area contributed by atoms with Gasteiger partial charge in [0.05, 0.1) is 0 Å². The Labute approximate surface area is 55.0 Å². The Hall–Kier alpha value is -1.18. The summed E-state index contributed by atoms with van der Waals surface area (Å²) in [4.78, 5) is 1.94. The predicted octanol–water partition coefficient (Wildman–Crippen LogP) is 0.802. The highest BCUT2D eigenvalue weighted by atomic mass is 15.0. The SMILES string of the molecule is CN1C=CC=C(N)C=C1. The number of rotatable bonds is 0. The van der Waals surface area contributed by atoms with Gasteiger partial charge in [-0.1, -0.05) is 0 Å². The molecule has 0 fully saturated rings. The molecule has 48 valence electrons. The van der Waals surface area contributed by atoms with Gasteiger partial charge in [0.25, 0.3) is 0 Å². The van der Waals surface area contributed by atoms with Gasteiger partial charge in [0.15, 0.2) is 0 Å². The van der Waals surface area contributed by atoms with Crippen molar-refractivity contribution in [2.24, 2.45) is 5.73 Å². The van der Waals surface area contributed by atoms with Crippen molar-refractivity contribution in [2.45, 2.75) is 0 Å². The molecule has 0 bridgehead atoms. The van der Waals surface area contributed by atoms with Gasteiger partial charge in [-0.05, 0) is 18.2 Å². The molecular weight excluding hydrogens is 112 g/mol. The highest BCUT2D eigenvalue weighted by molar-refractivity contribution is 5.23. The summed E-state index contributed by atoms with van der Waals surface area (Å²) in [6, 6.07) is 0. The number of nitrogens with two attached hydrogens (primary N) is 1. The summed E-state index contributed by atoms with van der Waals surface area (Å²) in [6.45, 7) is 0. The first-order valence-corrected chi connectivity index (χ1v) is 2.83. The maximum Gasteiger partial charge on any atom is 0.0329 e. The standard InChI is InChI=1S/C7H10N2/c1-9-5-2-3-7(8)4-6-9/h2-6H,8H2,1H3. The van der Waals surface area contributed by atoms with Gasteiger partial charge < -0.3 is 10.6 Å². The Balaban J connectivity index is 2.75. The van der Waals surface area contributed by atoms with Gasteiger partial charge in [0, 0.05) is 25.1 Å². The van der Waals surface area contributed by atoms with Crippen molar-refractivity contribution in [1.29, 1.82) is 0 Å². The van der Waals surface area contributed by atoms with E-state index in [4.69, 9.17) is 5.73 Å². The first-order valence-electron chi connectivity index (χ1n) is 2.83. The molecule has 0 aromatic rings. The van der Waals surface area contributed by atoms with E-state index in [2.05, 4.69) is 0 Å². The maximum atomic E-state index is 5.49. The van der Waals surface area contributed by atoms with Gasteiger partial charge in [-0.2, -0.15) is 0 Å². The van der Waals surface area contributed by atoms with Crippen molar-refractivity contribution in [1.82, 2.24) is 4.90 Å². The monoisotopic (exact) mass is 122 g/mol. The van der Waals surface area contributed by atoms with E-state index >= 15 is 0 Å². The normalized spacial score (nSPS) is 17.4. The van der Waals surface area contributed by atoms with Crippen LogP contribution in [0.4, 0.5) is 0 Å². The second-order valence-corrected chi connectivity index (χ2v) is 1.99. The molecule has 0 saturated carbocycles. The van der Waals surface area contributed by atoms with Crippen molar-refractivity contribution in [3.8, 4) is 0 Å². The van der Waals surface area contributed by atoms with E-state index < -0.39 is 0 Å². The summed E-state index contributed by atoms with van der Waals surface area (Å²) < 4.78 is 0. The van der Waals surface area contributed by atoms with Crippen LogP contribution in [-0.4, -0.2) is 11.9 Å². The predicted molar refractivity (Wildman–Crippen MR) is 38.3 cm³/mol. The fourth-order valence-corrected chi connectivity index (χ4v) is 0.599. The average molecular weight is 122 g/mol. The second-order valence-electron chi connectivity index (χ2n) is 1.99. The molecule has 1 aliphatic rings. The zero-order valence-electron chi connectivity index (χ0n) is 5.41. The van der Waals surface area contributed by atoms with Crippen LogP contribution in [0.25, 0.3) is 0 Å². The third-order valence-electron chi connectivity index (χ3n) is 1.11. The van der Waals surface area contributed by atoms with Crippen LogP contribution in [0.3, 0.4) is 0 Å². The maximum absolute atomic E-state index is 5.49. The summed E-state index contributed by atoms with van der Waals surface area (Å²) in [5, 5.41) is 0. The zero-order valence-corrected chi connectivity index (χ0v) is 5.41. The number of nitrogens with zero attached hydrogens (tertiary/aromatic N) is 1. The molecule has 1 aliphatic heterocycles. The highest BCUT2D eigenvalue weighted by Crippen LogP contribution is 1.97. The van der Waals surface area contributed by atoms with Crippen molar-refractivity contribution in [3.63, 3.8) is 0 Å². The lowest BCUT2D eigenvalue weighted by molar-refractivity contribution is 0.627. The largest absolute Gasteiger partial charge is 0.399 e. The van der Waals surface area contributed by atoms with Gasteiger partial charge in [-0.15, -0.1) is 0 Å². The number of hydrogen-bond acceptors (Lipinski definition) is 2. The van der Waals surface area contributed by atoms with Crippen molar-refractivity contribution >= 4 is 0 Å². The fraction of sp³-hybridized carbons (Fsp3) is 0.143. The van der Waals surface area contributed by atoms with Crippen LogP contribution in [0.15, 0.2) is 36.3 Å². The van der Waals surface area contributed by atoms with E-state index in [-0.39, 0.29) is 0 Å². The van der Waals surface area contributed by atoms with Crippen LogP contribution < -0.4 is 5.73 Å². The third-order valence-corrected chi connectivity index (χ3v) is 1.11. The number of hydrogen-bond donors (Lipinski definition) is 1. The Morgan fingerprint density at radius 2 is 2.22 bits per heavy atom. The average Bonchev–Trinajstić information content (AvgIpc) is 1.97. The topological polar surface area (TPSA) is 29.3 Å². The summed E-state index contributed by atoms with van der Waals surface area (Å²) in [6.07, 6.45) is 9.49. The summed E-state index contributed by atoms with van der Waals surface area (Å²) >= 11 is 0. The highest BCUT2D eigenvalue weighted by Gasteiger charge is 1.86. The van der Waals surface area contributed by atoms with E-state index in [1.165, 1.54) is 0 Å². The molecule has 0 aromatic carbocycles. The molecule has 0 radical (unpaired) electrons. The van der Waals surface area contributed by atoms with Crippen molar-refractivity contribution < 1.29 is 0 Å². The van der Waals surface area contributed by atoms with E-state index in [0.29, 0.717) is 0 Å². The molecule has 0 aliphatic carbocycles. The third kappa shape index (κ3) is 1.64. The van der Waals surface area contributed by atoms with Gasteiger partial charge in [-0.25, -0.2) is 0 Å². The Morgan fingerprint density at radius 3 is 3.00 bits per heavy atom. The minimum Gasteiger partial charge on any atom is -0.399 e. The van der Waals surface area contributed by atoms with E-state index in [0.717, 1.165) is 5.70 Å². The van der Waals surface area contributed by atoms with Gasteiger partial charge >= 0.3 is 0 Å². The van der Waals surface area contributed by atoms with E-state index in [1.54, 1.807) is 0 Å². The molecule has 2 heteroatoms. The summed E-state index contributed by atoms with van der Waals surface area (Å²) in [7, 11) is 1.96. The lowest BCUT2D eigenvalue weighted by atomic mass is 10.4. The van der Waals surface area contributed by atoms with Crippen molar-refractivity contribution in [3.05, 3.63) is 36.3 Å².